The number of hydrogen-bond donors (Lipinski definition) is 1. The van der Waals surface area contributed by atoms with Gasteiger partial charge < -0.3 is 29.0 Å². The Kier molecular flexibility index (Phi) is 5.82. The lowest BCUT2D eigenvalue weighted by Gasteiger charge is -2.36. The molecule has 0 spiro atoms. The van der Waals surface area contributed by atoms with E-state index in [0.717, 1.165) is 17.5 Å². The molecule has 0 fully saturated rings. The molecule has 150 valence electrons. The van der Waals surface area contributed by atoms with Crippen molar-refractivity contribution in [1.82, 2.24) is 4.90 Å². The van der Waals surface area contributed by atoms with Gasteiger partial charge in [-0.25, -0.2) is 0 Å². The molecule has 7 nitrogen and oxygen atoms in total. The molecule has 2 aromatic rings. The predicted octanol–water partition coefficient (Wildman–Crippen LogP) is 2.72. The summed E-state index contributed by atoms with van der Waals surface area (Å²) in [7, 11) is 6.20. The van der Waals surface area contributed by atoms with Gasteiger partial charge >= 0.3 is 0 Å². The van der Waals surface area contributed by atoms with Crippen molar-refractivity contribution < 1.29 is 28.8 Å². The minimum atomic E-state index is -0.349. The number of rotatable bonds is 7. The number of benzene rings is 2. The molecule has 1 unspecified atom stereocenters. The SMILES string of the molecule is COc1cc(CC2c3c(cc(OC)c(OC)c3O)CCN2C=O)cc(OC)c1. The molecule has 1 amide bonds. The third-order valence-electron chi connectivity index (χ3n) is 5.12. The maximum absolute atomic E-state index is 11.7. The second kappa shape index (κ2) is 8.29. The van der Waals surface area contributed by atoms with Crippen molar-refractivity contribution in [3.05, 3.63) is 41.0 Å². The average molecular weight is 387 g/mol. The highest BCUT2D eigenvalue weighted by Gasteiger charge is 2.32. The van der Waals surface area contributed by atoms with Gasteiger partial charge in [0.15, 0.2) is 11.5 Å². The number of ether oxygens (including phenoxy) is 4. The molecule has 28 heavy (non-hydrogen) atoms. The van der Waals surface area contributed by atoms with E-state index in [9.17, 15) is 9.90 Å². The van der Waals surface area contributed by atoms with Gasteiger partial charge in [0, 0.05) is 18.2 Å². The van der Waals surface area contributed by atoms with Crippen molar-refractivity contribution in [3.63, 3.8) is 0 Å². The molecule has 0 bridgehead atoms. The van der Waals surface area contributed by atoms with Crippen LogP contribution in [0.3, 0.4) is 0 Å². The van der Waals surface area contributed by atoms with E-state index in [1.54, 1.807) is 25.2 Å². The third-order valence-corrected chi connectivity index (χ3v) is 5.12. The number of carbonyl (C=O) groups excluding carboxylic acids is 1. The smallest absolute Gasteiger partial charge is 0.210 e. The van der Waals surface area contributed by atoms with Gasteiger partial charge in [-0.15, -0.1) is 0 Å². The van der Waals surface area contributed by atoms with Gasteiger partial charge in [0.1, 0.15) is 11.5 Å². The molecule has 1 N–H and O–H groups in total. The largest absolute Gasteiger partial charge is 0.504 e. The van der Waals surface area contributed by atoms with Crippen LogP contribution >= 0.6 is 0 Å². The highest BCUT2D eigenvalue weighted by molar-refractivity contribution is 5.62. The number of nitrogens with zero attached hydrogens (tertiary/aromatic N) is 1. The molecular formula is C21H25NO6. The normalized spacial score (nSPS) is 15.6. The minimum absolute atomic E-state index is 0.00302. The molecule has 0 saturated carbocycles. The van der Waals surface area contributed by atoms with Crippen LogP contribution < -0.4 is 18.9 Å². The van der Waals surface area contributed by atoms with Crippen LogP contribution in [0.15, 0.2) is 24.3 Å². The van der Waals surface area contributed by atoms with Gasteiger partial charge in [0.2, 0.25) is 12.2 Å². The first-order valence-electron chi connectivity index (χ1n) is 8.95. The number of methoxy groups -OCH3 is 4. The van der Waals surface area contributed by atoms with Crippen LogP contribution in [0, 0.1) is 0 Å². The van der Waals surface area contributed by atoms with Gasteiger partial charge in [-0.1, -0.05) is 0 Å². The van der Waals surface area contributed by atoms with E-state index in [-0.39, 0.29) is 17.5 Å². The van der Waals surface area contributed by atoms with Crippen molar-refractivity contribution in [2.45, 2.75) is 18.9 Å². The van der Waals surface area contributed by atoms with E-state index in [1.807, 2.05) is 18.2 Å². The fourth-order valence-corrected chi connectivity index (χ4v) is 3.74. The maximum atomic E-state index is 11.7. The Morgan fingerprint density at radius 3 is 2.25 bits per heavy atom. The summed E-state index contributed by atoms with van der Waals surface area (Å²) in [5.74, 6) is 2.07. The van der Waals surface area contributed by atoms with Gasteiger partial charge in [-0.2, -0.15) is 0 Å². The molecule has 0 radical (unpaired) electrons. The van der Waals surface area contributed by atoms with Crippen molar-refractivity contribution in [2.75, 3.05) is 35.0 Å². The van der Waals surface area contributed by atoms with Crippen LogP contribution in [0.25, 0.3) is 0 Å². The highest BCUT2D eigenvalue weighted by Crippen LogP contribution is 2.47. The average Bonchev–Trinajstić information content (AvgIpc) is 2.73. The lowest BCUT2D eigenvalue weighted by atomic mass is 9.87. The Hall–Kier alpha value is -3.09. The Morgan fingerprint density at radius 2 is 1.71 bits per heavy atom. The molecule has 0 aromatic heterocycles. The molecule has 1 heterocycles. The number of fused-ring (bicyclic) bond motifs is 1. The minimum Gasteiger partial charge on any atom is -0.504 e. The Labute approximate surface area is 164 Å². The molecule has 1 aliphatic heterocycles. The van der Waals surface area contributed by atoms with Crippen LogP contribution in [0.2, 0.25) is 0 Å². The Morgan fingerprint density at radius 1 is 1.04 bits per heavy atom. The van der Waals surface area contributed by atoms with Gasteiger partial charge in [-0.3, -0.25) is 4.79 Å². The zero-order valence-electron chi connectivity index (χ0n) is 16.5. The van der Waals surface area contributed by atoms with Crippen molar-refractivity contribution in [1.29, 1.82) is 0 Å². The third kappa shape index (κ3) is 3.52. The van der Waals surface area contributed by atoms with Crippen LogP contribution in [0.1, 0.15) is 22.7 Å². The van der Waals surface area contributed by atoms with Gasteiger partial charge in [0.25, 0.3) is 0 Å². The highest BCUT2D eigenvalue weighted by atomic mass is 16.5. The molecule has 1 aliphatic rings. The molecule has 3 rings (SSSR count). The number of phenolic OH excluding ortho intramolecular Hbond substituents is 1. The zero-order chi connectivity index (χ0) is 20.3. The number of amides is 1. The monoisotopic (exact) mass is 387 g/mol. The van der Waals surface area contributed by atoms with E-state index in [2.05, 4.69) is 0 Å². The van der Waals surface area contributed by atoms with Crippen LogP contribution in [0.5, 0.6) is 28.7 Å². The summed E-state index contributed by atoms with van der Waals surface area (Å²) >= 11 is 0. The Bertz CT molecular complexity index is 844. The first-order valence-corrected chi connectivity index (χ1v) is 8.95. The lowest BCUT2D eigenvalue weighted by molar-refractivity contribution is -0.120. The summed E-state index contributed by atoms with van der Waals surface area (Å²) in [6.07, 6.45) is 1.93. The van der Waals surface area contributed by atoms with E-state index in [0.29, 0.717) is 42.2 Å². The van der Waals surface area contributed by atoms with Crippen LogP contribution in [-0.4, -0.2) is 51.4 Å². The second-order valence-corrected chi connectivity index (χ2v) is 6.57. The number of phenols is 1. The summed E-state index contributed by atoms with van der Waals surface area (Å²) in [4.78, 5) is 13.4. The zero-order valence-corrected chi connectivity index (χ0v) is 16.5. The molecular weight excluding hydrogens is 362 g/mol. The fraction of sp³-hybridized carbons (Fsp3) is 0.381. The predicted molar refractivity (Wildman–Crippen MR) is 104 cm³/mol. The van der Waals surface area contributed by atoms with Crippen LogP contribution in [-0.2, 0) is 17.6 Å². The van der Waals surface area contributed by atoms with Gasteiger partial charge in [0.05, 0.1) is 34.5 Å². The van der Waals surface area contributed by atoms with Crippen LogP contribution in [0.4, 0.5) is 0 Å². The lowest BCUT2D eigenvalue weighted by Crippen LogP contribution is -2.35. The summed E-state index contributed by atoms with van der Waals surface area (Å²) in [5.41, 5.74) is 2.54. The van der Waals surface area contributed by atoms with E-state index in [1.165, 1.54) is 14.2 Å². The topological polar surface area (TPSA) is 77.5 Å². The Balaban J connectivity index is 2.09. The standard InChI is InChI=1S/C21H25NO6/c1-25-15-7-13(8-16(11-15)26-2)9-17-19-14(5-6-22(17)12-23)10-18(27-3)21(28-4)20(19)24/h7-8,10-12,17,24H,5-6,9H2,1-4H3. The van der Waals surface area contributed by atoms with Crippen molar-refractivity contribution in [2.24, 2.45) is 0 Å². The summed E-state index contributed by atoms with van der Waals surface area (Å²) in [5, 5.41) is 10.9. The quantitative estimate of drug-likeness (QED) is 0.736. The number of hydrogen-bond acceptors (Lipinski definition) is 6. The summed E-state index contributed by atoms with van der Waals surface area (Å²) < 4.78 is 21.4. The fourth-order valence-electron chi connectivity index (χ4n) is 3.74. The van der Waals surface area contributed by atoms with Crippen molar-refractivity contribution >= 4 is 6.41 Å². The number of carbonyl (C=O) groups is 1. The second-order valence-electron chi connectivity index (χ2n) is 6.57. The first-order chi connectivity index (χ1) is 13.6. The summed E-state index contributed by atoms with van der Waals surface area (Å²) in [6.45, 7) is 0.553. The molecule has 2 aromatic carbocycles. The molecule has 0 aliphatic carbocycles. The number of aromatic hydroxyl groups is 1. The van der Waals surface area contributed by atoms with Gasteiger partial charge in [-0.05, 0) is 42.2 Å². The van der Waals surface area contributed by atoms with E-state index >= 15 is 0 Å². The first kappa shape index (κ1) is 19.7. The van der Waals surface area contributed by atoms with E-state index in [4.69, 9.17) is 18.9 Å². The molecule has 0 saturated heterocycles. The summed E-state index contributed by atoms with van der Waals surface area (Å²) in [6, 6.07) is 7.11. The van der Waals surface area contributed by atoms with Crippen molar-refractivity contribution in [3.8, 4) is 28.7 Å². The van der Waals surface area contributed by atoms with E-state index < -0.39 is 0 Å². The maximum Gasteiger partial charge on any atom is 0.210 e. The molecule has 1 atom stereocenters. The molecule has 7 heteroatoms.